The zero-order valence-corrected chi connectivity index (χ0v) is 15.8. The highest BCUT2D eigenvalue weighted by Gasteiger charge is 2.73. The van der Waals surface area contributed by atoms with Crippen LogP contribution in [0.4, 0.5) is 0 Å². The van der Waals surface area contributed by atoms with Crippen LogP contribution in [0.15, 0.2) is 30.4 Å². The molecule has 0 aromatic heterocycles. The first-order valence-electron chi connectivity index (χ1n) is 9.09. The van der Waals surface area contributed by atoms with Crippen LogP contribution < -0.4 is 9.47 Å². The van der Waals surface area contributed by atoms with Gasteiger partial charge in [-0.1, -0.05) is 18.2 Å². The predicted octanol–water partition coefficient (Wildman–Crippen LogP) is 2.09. The molecule has 1 aromatic rings. The van der Waals surface area contributed by atoms with Crippen molar-refractivity contribution in [2.45, 2.75) is 36.4 Å². The van der Waals surface area contributed by atoms with E-state index in [-0.39, 0.29) is 12.0 Å². The molecule has 3 saturated heterocycles. The molecule has 8 nitrogen and oxygen atoms in total. The van der Waals surface area contributed by atoms with E-state index in [1.165, 1.54) is 0 Å². The molecule has 8 bridgehead atoms. The van der Waals surface area contributed by atoms with Crippen molar-refractivity contribution in [1.82, 2.24) is 4.90 Å². The van der Waals surface area contributed by atoms with Crippen LogP contribution in [0.1, 0.15) is 5.56 Å². The summed E-state index contributed by atoms with van der Waals surface area (Å²) in [5, 5.41) is 0. The Morgan fingerprint density at radius 2 is 2.22 bits per heavy atom. The van der Waals surface area contributed by atoms with E-state index in [0.29, 0.717) is 18.0 Å². The van der Waals surface area contributed by atoms with Crippen LogP contribution in [0.5, 0.6) is 11.5 Å². The molecule has 27 heavy (non-hydrogen) atoms. The highest BCUT2D eigenvalue weighted by Crippen LogP contribution is 2.69. The molecule has 5 aliphatic rings. The number of phosphoric ester groups is 1. The third-order valence-corrected chi connectivity index (χ3v) is 7.73. The van der Waals surface area contributed by atoms with E-state index in [9.17, 15) is 4.57 Å². The van der Waals surface area contributed by atoms with Crippen molar-refractivity contribution in [3.8, 4) is 11.5 Å². The maximum atomic E-state index is 13.0. The minimum Gasteiger partial charge on any atom is -0.493 e. The lowest BCUT2D eigenvalue weighted by atomic mass is 9.66. The largest absolute Gasteiger partial charge is 0.503 e. The first-order chi connectivity index (χ1) is 13.0. The Bertz CT molecular complexity index is 890. The Morgan fingerprint density at radius 3 is 3.07 bits per heavy atom. The molecule has 7 atom stereocenters. The van der Waals surface area contributed by atoms with Crippen LogP contribution >= 0.6 is 7.82 Å². The molecule has 1 aromatic carbocycles. The van der Waals surface area contributed by atoms with Gasteiger partial charge < -0.3 is 9.47 Å². The zero-order valence-electron chi connectivity index (χ0n) is 14.9. The molecule has 144 valence electrons. The van der Waals surface area contributed by atoms with E-state index < -0.39 is 31.7 Å². The van der Waals surface area contributed by atoms with Crippen molar-refractivity contribution in [1.29, 1.82) is 0 Å². The average Bonchev–Trinajstić information content (AvgIpc) is 2.90. The van der Waals surface area contributed by atoms with Gasteiger partial charge in [-0.15, -0.1) is 4.67 Å². The van der Waals surface area contributed by atoms with Crippen molar-refractivity contribution >= 4 is 7.82 Å². The van der Waals surface area contributed by atoms with Gasteiger partial charge in [-0.05, 0) is 31.2 Å². The van der Waals surface area contributed by atoms with Gasteiger partial charge in [-0.3, -0.25) is 13.9 Å². The zero-order chi connectivity index (χ0) is 18.4. The number of methoxy groups -OCH3 is 1. The fraction of sp³-hybridized carbons (Fsp3) is 0.556. The summed E-state index contributed by atoms with van der Waals surface area (Å²) in [6.07, 6.45) is 3.22. The van der Waals surface area contributed by atoms with Gasteiger partial charge in [0.25, 0.3) is 0 Å². The van der Waals surface area contributed by atoms with Crippen LogP contribution in [0.25, 0.3) is 0 Å². The Labute approximate surface area is 156 Å². The first-order valence-corrected chi connectivity index (χ1v) is 10.5. The number of likely N-dealkylation sites (tertiary alicyclic amines) is 1. The topological polar surface area (TPSA) is 75.7 Å². The molecule has 0 N–H and O–H groups in total. The number of ether oxygens (including phenoxy) is 2. The fourth-order valence-corrected chi connectivity index (χ4v) is 6.79. The second-order valence-electron chi connectivity index (χ2n) is 7.77. The molecule has 0 radical (unpaired) electrons. The Hall–Kier alpha value is -1.41. The lowest BCUT2D eigenvalue weighted by Crippen LogP contribution is -2.72. The fourth-order valence-electron chi connectivity index (χ4n) is 5.20. The molecule has 3 fully saturated rings. The number of nitrogens with zero attached hydrogens (tertiary/aromatic N) is 1. The standard InChI is InChI=1S/C18H20NO7P/c1-19-9-16-18-11-4-6-14(23-26-27(20,24-16)25-18)17(18)22-15-8-10(7-12(11)19)3-5-13(15)21-2/h3-6,8,11-12,14,16-17H,7,9H2,1-2H3/t11-,12-,14+,16?,17-,18-,27?/m1/s1. The summed E-state index contributed by atoms with van der Waals surface area (Å²) in [5.41, 5.74) is 0.199. The highest BCUT2D eigenvalue weighted by molar-refractivity contribution is 7.48. The highest BCUT2D eigenvalue weighted by atomic mass is 31.2. The molecule has 2 unspecified atom stereocenters. The van der Waals surface area contributed by atoms with Crippen LogP contribution in [0.3, 0.4) is 0 Å². The van der Waals surface area contributed by atoms with Crippen molar-refractivity contribution < 1.29 is 32.6 Å². The molecule has 6 rings (SSSR count). The molecule has 1 aliphatic carbocycles. The number of hydrogen-bond acceptors (Lipinski definition) is 8. The number of fused-ring (bicyclic) bond motifs is 3. The number of rotatable bonds is 1. The van der Waals surface area contributed by atoms with E-state index in [1.807, 2.05) is 18.2 Å². The first kappa shape index (κ1) is 16.5. The van der Waals surface area contributed by atoms with Crippen molar-refractivity contribution in [2.75, 3.05) is 20.7 Å². The maximum Gasteiger partial charge on any atom is 0.503 e. The molecule has 0 saturated carbocycles. The van der Waals surface area contributed by atoms with Gasteiger partial charge in [0, 0.05) is 18.5 Å². The quantitative estimate of drug-likeness (QED) is 0.408. The van der Waals surface area contributed by atoms with Gasteiger partial charge in [0.1, 0.15) is 6.10 Å². The molecule has 4 aliphatic heterocycles. The minimum absolute atomic E-state index is 0.0798. The lowest BCUT2D eigenvalue weighted by Gasteiger charge is -2.54. The SMILES string of the molecule is COc1ccc2cc1O[C@@H]1[C@@H]3C=C[C@@H]4[C@@H](C2)N(C)CC2OP(=O)(OO3)O[C@@]241. The second-order valence-corrected chi connectivity index (χ2v) is 9.20. The molecular formula is C18H20NO7P. The van der Waals surface area contributed by atoms with E-state index in [4.69, 9.17) is 28.1 Å². The Balaban J connectivity index is 1.60. The predicted molar refractivity (Wildman–Crippen MR) is 92.4 cm³/mol. The summed E-state index contributed by atoms with van der Waals surface area (Å²) in [4.78, 5) is 7.67. The number of likely N-dealkylation sites (N-methyl/N-ethyl adjacent to an activating group) is 1. The van der Waals surface area contributed by atoms with E-state index in [1.54, 1.807) is 7.11 Å². The number of phosphoric acid groups is 1. The van der Waals surface area contributed by atoms with Crippen LogP contribution in [0.2, 0.25) is 0 Å². The van der Waals surface area contributed by atoms with Gasteiger partial charge in [0.2, 0.25) is 0 Å². The third-order valence-electron chi connectivity index (χ3n) is 6.41. The van der Waals surface area contributed by atoms with Crippen molar-refractivity contribution in [2.24, 2.45) is 5.92 Å². The van der Waals surface area contributed by atoms with Crippen molar-refractivity contribution in [3.05, 3.63) is 35.9 Å². The van der Waals surface area contributed by atoms with Crippen LogP contribution in [0, 0.1) is 5.92 Å². The summed E-state index contributed by atoms with van der Waals surface area (Å²) in [7, 11) is -0.150. The smallest absolute Gasteiger partial charge is 0.493 e. The molecular weight excluding hydrogens is 373 g/mol. The number of benzene rings is 1. The van der Waals surface area contributed by atoms with Gasteiger partial charge in [0.05, 0.1) is 7.11 Å². The summed E-state index contributed by atoms with van der Waals surface area (Å²) in [5.74, 6) is 1.16. The molecule has 1 spiro atoms. The van der Waals surface area contributed by atoms with Crippen molar-refractivity contribution in [3.63, 3.8) is 0 Å². The summed E-state index contributed by atoms with van der Waals surface area (Å²) in [6.45, 7) is 0.572. The summed E-state index contributed by atoms with van der Waals surface area (Å²) in [6, 6.07) is 6.10. The van der Waals surface area contributed by atoms with E-state index in [2.05, 4.69) is 24.1 Å². The second kappa shape index (κ2) is 5.35. The molecule has 0 amide bonds. The third kappa shape index (κ3) is 2.08. The average molecular weight is 393 g/mol. The van der Waals surface area contributed by atoms with E-state index >= 15 is 0 Å². The van der Waals surface area contributed by atoms with Gasteiger partial charge in [-0.25, -0.2) is 9.45 Å². The summed E-state index contributed by atoms with van der Waals surface area (Å²) < 4.78 is 42.0. The lowest BCUT2D eigenvalue weighted by molar-refractivity contribution is -0.272. The number of piperidine rings is 1. The Morgan fingerprint density at radius 1 is 1.33 bits per heavy atom. The summed E-state index contributed by atoms with van der Waals surface area (Å²) >= 11 is 0. The number of hydrogen-bond donors (Lipinski definition) is 0. The maximum absolute atomic E-state index is 13.0. The molecule has 4 heterocycles. The normalized spacial score (nSPS) is 46.8. The van der Waals surface area contributed by atoms with E-state index in [0.717, 1.165) is 12.0 Å². The monoisotopic (exact) mass is 393 g/mol. The van der Waals surface area contributed by atoms with Gasteiger partial charge >= 0.3 is 7.82 Å². The van der Waals surface area contributed by atoms with Crippen LogP contribution in [-0.2, 0) is 29.6 Å². The van der Waals surface area contributed by atoms with Crippen LogP contribution in [-0.4, -0.2) is 55.6 Å². The Kier molecular flexibility index (Phi) is 3.27. The minimum atomic E-state index is -3.82. The molecule has 9 heteroatoms. The van der Waals surface area contributed by atoms with Gasteiger partial charge in [0.15, 0.2) is 29.3 Å². The van der Waals surface area contributed by atoms with Gasteiger partial charge in [-0.2, -0.15) is 0 Å².